The van der Waals surface area contributed by atoms with Gasteiger partial charge in [0.15, 0.2) is 5.82 Å². The van der Waals surface area contributed by atoms with Crippen LogP contribution < -0.4 is 10.5 Å². The zero-order valence-electron chi connectivity index (χ0n) is 9.92. The highest BCUT2D eigenvalue weighted by molar-refractivity contribution is 5.64. The summed E-state index contributed by atoms with van der Waals surface area (Å²) >= 11 is 0. The molecule has 1 heterocycles. The maximum atomic E-state index is 5.51. The number of tetrazole rings is 1. The molecule has 2 aromatic rings. The number of ether oxygens (including phenoxy) is 1. The van der Waals surface area contributed by atoms with Gasteiger partial charge in [0.25, 0.3) is 0 Å². The summed E-state index contributed by atoms with van der Waals surface area (Å²) in [6.07, 6.45) is 0. The molecule has 6 nitrogen and oxygen atoms in total. The fraction of sp³-hybridized carbons (Fsp3) is 0.364. The van der Waals surface area contributed by atoms with Crippen LogP contribution >= 0.6 is 0 Å². The molecule has 6 heteroatoms. The second kappa shape index (κ2) is 4.92. The van der Waals surface area contributed by atoms with E-state index in [0.717, 1.165) is 16.9 Å². The van der Waals surface area contributed by atoms with Gasteiger partial charge in [0, 0.05) is 6.54 Å². The van der Waals surface area contributed by atoms with Crippen molar-refractivity contribution in [1.29, 1.82) is 0 Å². The van der Waals surface area contributed by atoms with Crippen LogP contribution in [0.15, 0.2) is 18.2 Å². The lowest BCUT2D eigenvalue weighted by Gasteiger charge is -2.09. The topological polar surface area (TPSA) is 78.9 Å². The number of nitrogens with two attached hydrogens (primary N) is 1. The van der Waals surface area contributed by atoms with Gasteiger partial charge in [-0.3, -0.25) is 0 Å². The summed E-state index contributed by atoms with van der Waals surface area (Å²) in [5.74, 6) is 1.44. The molecular weight excluding hydrogens is 218 g/mol. The lowest BCUT2D eigenvalue weighted by molar-refractivity contribution is 0.415. The van der Waals surface area contributed by atoms with Crippen molar-refractivity contribution < 1.29 is 4.74 Å². The van der Waals surface area contributed by atoms with Crippen LogP contribution in [0.1, 0.15) is 5.56 Å². The van der Waals surface area contributed by atoms with Gasteiger partial charge in [-0.1, -0.05) is 6.07 Å². The summed E-state index contributed by atoms with van der Waals surface area (Å²) < 4.78 is 7.02. The number of nitrogens with zero attached hydrogens (tertiary/aromatic N) is 4. The maximum Gasteiger partial charge on any atom is 0.185 e. The van der Waals surface area contributed by atoms with Crippen molar-refractivity contribution in [3.05, 3.63) is 23.8 Å². The maximum absolute atomic E-state index is 5.51. The van der Waals surface area contributed by atoms with Gasteiger partial charge in [0.1, 0.15) is 5.75 Å². The second-order valence-corrected chi connectivity index (χ2v) is 3.72. The number of aryl methyl sites for hydroxylation is 1. The Balaban J connectivity index is 2.48. The molecule has 0 saturated heterocycles. The van der Waals surface area contributed by atoms with E-state index in [1.54, 1.807) is 11.8 Å². The summed E-state index contributed by atoms with van der Waals surface area (Å²) in [5, 5.41) is 11.6. The van der Waals surface area contributed by atoms with Gasteiger partial charge in [-0.05, 0) is 35.0 Å². The van der Waals surface area contributed by atoms with E-state index in [2.05, 4.69) is 15.5 Å². The first-order chi connectivity index (χ1) is 8.26. The standard InChI is InChI=1S/C11H15N5O/c1-8-3-4-9(10(7-8)17-2)11-13-14-15-16(11)6-5-12/h3-4,7H,5-6,12H2,1-2H3. The van der Waals surface area contributed by atoms with E-state index in [1.807, 2.05) is 25.1 Å². The Bertz CT molecular complexity index is 508. The van der Waals surface area contributed by atoms with E-state index in [-0.39, 0.29) is 0 Å². The zero-order chi connectivity index (χ0) is 12.3. The summed E-state index contributed by atoms with van der Waals surface area (Å²) in [6, 6.07) is 5.91. The fourth-order valence-electron chi connectivity index (χ4n) is 1.65. The Labute approximate surface area is 99.4 Å². The average Bonchev–Trinajstić information content (AvgIpc) is 2.77. The Morgan fingerprint density at radius 3 is 2.94 bits per heavy atom. The molecular formula is C11H15N5O. The monoisotopic (exact) mass is 233 g/mol. The van der Waals surface area contributed by atoms with Gasteiger partial charge in [0.2, 0.25) is 0 Å². The molecule has 0 saturated carbocycles. The molecule has 0 radical (unpaired) electrons. The Morgan fingerprint density at radius 2 is 2.24 bits per heavy atom. The van der Waals surface area contributed by atoms with Crippen molar-refractivity contribution in [1.82, 2.24) is 20.2 Å². The van der Waals surface area contributed by atoms with Crippen LogP contribution in [0, 0.1) is 6.92 Å². The molecule has 0 amide bonds. The summed E-state index contributed by atoms with van der Waals surface area (Å²) in [7, 11) is 1.63. The lowest BCUT2D eigenvalue weighted by Crippen LogP contribution is -2.12. The van der Waals surface area contributed by atoms with Crippen molar-refractivity contribution in [3.8, 4) is 17.1 Å². The third-order valence-corrected chi connectivity index (χ3v) is 2.47. The van der Waals surface area contributed by atoms with Gasteiger partial charge in [-0.25, -0.2) is 4.68 Å². The Hall–Kier alpha value is -1.95. The molecule has 1 aromatic heterocycles. The molecule has 0 fully saturated rings. The third-order valence-electron chi connectivity index (χ3n) is 2.47. The Kier molecular flexibility index (Phi) is 3.34. The van der Waals surface area contributed by atoms with Gasteiger partial charge >= 0.3 is 0 Å². The highest BCUT2D eigenvalue weighted by Gasteiger charge is 2.13. The first-order valence-electron chi connectivity index (χ1n) is 5.37. The molecule has 17 heavy (non-hydrogen) atoms. The van der Waals surface area contributed by atoms with Crippen LogP contribution in [0.3, 0.4) is 0 Å². The van der Waals surface area contributed by atoms with E-state index in [1.165, 1.54) is 0 Å². The first-order valence-corrected chi connectivity index (χ1v) is 5.37. The predicted molar refractivity (Wildman–Crippen MR) is 63.6 cm³/mol. The van der Waals surface area contributed by atoms with Crippen LogP contribution in [-0.4, -0.2) is 33.9 Å². The normalized spacial score (nSPS) is 10.5. The minimum atomic E-state index is 0.492. The largest absolute Gasteiger partial charge is 0.496 e. The van der Waals surface area contributed by atoms with Gasteiger partial charge < -0.3 is 10.5 Å². The minimum Gasteiger partial charge on any atom is -0.496 e. The van der Waals surface area contributed by atoms with E-state index in [4.69, 9.17) is 10.5 Å². The molecule has 1 aromatic carbocycles. The third kappa shape index (κ3) is 2.26. The van der Waals surface area contributed by atoms with Crippen LogP contribution in [0.4, 0.5) is 0 Å². The van der Waals surface area contributed by atoms with Crippen molar-refractivity contribution in [2.24, 2.45) is 5.73 Å². The molecule has 0 unspecified atom stereocenters. The summed E-state index contributed by atoms with van der Waals surface area (Å²) in [5.41, 5.74) is 7.51. The van der Waals surface area contributed by atoms with Crippen LogP contribution in [0.5, 0.6) is 5.75 Å². The number of hydrogen-bond donors (Lipinski definition) is 1. The molecule has 0 spiro atoms. The molecule has 90 valence electrons. The van der Waals surface area contributed by atoms with Crippen molar-refractivity contribution >= 4 is 0 Å². The molecule has 0 aliphatic rings. The smallest absolute Gasteiger partial charge is 0.185 e. The van der Waals surface area contributed by atoms with E-state index >= 15 is 0 Å². The molecule has 0 bridgehead atoms. The first kappa shape index (κ1) is 11.5. The van der Waals surface area contributed by atoms with E-state index < -0.39 is 0 Å². The van der Waals surface area contributed by atoms with Crippen molar-refractivity contribution in [2.45, 2.75) is 13.5 Å². The van der Waals surface area contributed by atoms with Crippen LogP contribution in [0.2, 0.25) is 0 Å². The number of aromatic nitrogens is 4. The highest BCUT2D eigenvalue weighted by Crippen LogP contribution is 2.28. The molecule has 0 aliphatic heterocycles. The molecule has 2 rings (SSSR count). The lowest BCUT2D eigenvalue weighted by atomic mass is 10.1. The van der Waals surface area contributed by atoms with Crippen LogP contribution in [-0.2, 0) is 6.54 Å². The average molecular weight is 233 g/mol. The zero-order valence-corrected chi connectivity index (χ0v) is 9.92. The highest BCUT2D eigenvalue weighted by atomic mass is 16.5. The second-order valence-electron chi connectivity index (χ2n) is 3.72. The Morgan fingerprint density at radius 1 is 1.41 bits per heavy atom. The quantitative estimate of drug-likeness (QED) is 0.837. The van der Waals surface area contributed by atoms with Crippen molar-refractivity contribution in [2.75, 3.05) is 13.7 Å². The van der Waals surface area contributed by atoms with Gasteiger partial charge in [-0.15, -0.1) is 5.10 Å². The van der Waals surface area contributed by atoms with Gasteiger partial charge in [0.05, 0.1) is 19.2 Å². The predicted octanol–water partition coefficient (Wildman–Crippen LogP) is 0.616. The minimum absolute atomic E-state index is 0.492. The molecule has 2 N–H and O–H groups in total. The number of hydrogen-bond acceptors (Lipinski definition) is 5. The van der Waals surface area contributed by atoms with Crippen molar-refractivity contribution in [3.63, 3.8) is 0 Å². The van der Waals surface area contributed by atoms with E-state index in [0.29, 0.717) is 18.9 Å². The number of rotatable bonds is 4. The SMILES string of the molecule is COc1cc(C)ccc1-c1nnnn1CCN. The number of benzene rings is 1. The molecule has 0 aliphatic carbocycles. The van der Waals surface area contributed by atoms with Crippen LogP contribution in [0.25, 0.3) is 11.4 Å². The number of methoxy groups -OCH3 is 1. The van der Waals surface area contributed by atoms with E-state index in [9.17, 15) is 0 Å². The summed E-state index contributed by atoms with van der Waals surface area (Å²) in [6.45, 7) is 3.08. The summed E-state index contributed by atoms with van der Waals surface area (Å²) in [4.78, 5) is 0. The molecule has 0 atom stereocenters. The van der Waals surface area contributed by atoms with Gasteiger partial charge in [-0.2, -0.15) is 0 Å². The fourth-order valence-corrected chi connectivity index (χ4v) is 1.65.